The molecule has 0 aliphatic heterocycles. The maximum Gasteiger partial charge on any atom is 0.306 e. The number of carbonyl (C=O) groups excluding carboxylic acids is 1. The highest BCUT2D eigenvalue weighted by Crippen LogP contribution is 2.19. The second-order valence-electron chi connectivity index (χ2n) is 5.22. The van der Waals surface area contributed by atoms with E-state index in [9.17, 15) is 9.59 Å². The van der Waals surface area contributed by atoms with E-state index in [2.05, 4.69) is 0 Å². The molecule has 1 atom stereocenters. The molecule has 1 N–H and O–H groups in total. The fraction of sp³-hybridized carbons (Fsp3) is 0.222. The van der Waals surface area contributed by atoms with Gasteiger partial charge in [-0.3, -0.25) is 9.59 Å². The van der Waals surface area contributed by atoms with Crippen molar-refractivity contribution in [2.24, 2.45) is 5.92 Å². The lowest BCUT2D eigenvalue weighted by atomic mass is 9.98. The molecule has 2 aromatic rings. The first-order chi connectivity index (χ1) is 10.1. The SMILES string of the molecule is C[C@H](CC(=O)Cc1ccc(-c2ccccc2)cc1)C(=O)O. The van der Waals surface area contributed by atoms with Crippen LogP contribution in [0.5, 0.6) is 0 Å². The molecule has 2 aromatic carbocycles. The van der Waals surface area contributed by atoms with Gasteiger partial charge in [0.2, 0.25) is 0 Å². The first kappa shape index (κ1) is 15.0. The van der Waals surface area contributed by atoms with Crippen LogP contribution in [0, 0.1) is 5.92 Å². The van der Waals surface area contributed by atoms with Crippen molar-refractivity contribution < 1.29 is 14.7 Å². The van der Waals surface area contributed by atoms with Crippen LogP contribution >= 0.6 is 0 Å². The maximum absolute atomic E-state index is 11.8. The lowest BCUT2D eigenvalue weighted by molar-refractivity contribution is -0.143. The lowest BCUT2D eigenvalue weighted by Crippen LogP contribution is -2.15. The van der Waals surface area contributed by atoms with Gasteiger partial charge in [-0.15, -0.1) is 0 Å². The Morgan fingerprint density at radius 2 is 1.52 bits per heavy atom. The molecule has 0 heterocycles. The third kappa shape index (κ3) is 4.28. The van der Waals surface area contributed by atoms with E-state index in [0.29, 0.717) is 0 Å². The molecular formula is C18H18O3. The fourth-order valence-corrected chi connectivity index (χ4v) is 2.17. The summed E-state index contributed by atoms with van der Waals surface area (Å²) in [5, 5.41) is 8.81. The zero-order valence-corrected chi connectivity index (χ0v) is 12.0. The molecule has 0 saturated carbocycles. The summed E-state index contributed by atoms with van der Waals surface area (Å²) in [5.41, 5.74) is 3.15. The van der Waals surface area contributed by atoms with Crippen LogP contribution in [0.25, 0.3) is 11.1 Å². The molecule has 0 saturated heterocycles. The predicted molar refractivity (Wildman–Crippen MR) is 82.0 cm³/mol. The second-order valence-corrected chi connectivity index (χ2v) is 5.22. The van der Waals surface area contributed by atoms with Crippen molar-refractivity contribution in [3.05, 3.63) is 60.2 Å². The molecule has 0 aromatic heterocycles. The van der Waals surface area contributed by atoms with Gasteiger partial charge in [-0.2, -0.15) is 0 Å². The molecule has 0 radical (unpaired) electrons. The van der Waals surface area contributed by atoms with Gasteiger partial charge in [0, 0.05) is 12.8 Å². The number of benzene rings is 2. The number of carboxylic acid groups (broad SMARTS) is 1. The zero-order chi connectivity index (χ0) is 15.2. The van der Waals surface area contributed by atoms with Crippen LogP contribution in [0.3, 0.4) is 0 Å². The van der Waals surface area contributed by atoms with Gasteiger partial charge in [0.05, 0.1) is 5.92 Å². The van der Waals surface area contributed by atoms with E-state index < -0.39 is 11.9 Å². The summed E-state index contributed by atoms with van der Waals surface area (Å²) in [7, 11) is 0. The van der Waals surface area contributed by atoms with Crippen molar-refractivity contribution in [3.8, 4) is 11.1 Å². The molecule has 0 spiro atoms. The maximum atomic E-state index is 11.8. The summed E-state index contributed by atoms with van der Waals surface area (Å²) < 4.78 is 0. The van der Waals surface area contributed by atoms with Gasteiger partial charge in [-0.05, 0) is 16.7 Å². The Hall–Kier alpha value is -2.42. The Labute approximate surface area is 124 Å². The van der Waals surface area contributed by atoms with Crippen molar-refractivity contribution >= 4 is 11.8 Å². The fourth-order valence-electron chi connectivity index (χ4n) is 2.17. The van der Waals surface area contributed by atoms with E-state index in [1.165, 1.54) is 0 Å². The second kappa shape index (κ2) is 6.84. The van der Waals surface area contributed by atoms with Crippen LogP contribution in [-0.2, 0) is 16.0 Å². The van der Waals surface area contributed by atoms with E-state index in [-0.39, 0.29) is 18.6 Å². The Balaban J connectivity index is 2.00. The summed E-state index contributed by atoms with van der Waals surface area (Å²) in [6, 6.07) is 17.8. The van der Waals surface area contributed by atoms with E-state index in [1.54, 1.807) is 6.92 Å². The van der Waals surface area contributed by atoms with Crippen molar-refractivity contribution in [1.29, 1.82) is 0 Å². The number of ketones is 1. The van der Waals surface area contributed by atoms with Crippen molar-refractivity contribution in [1.82, 2.24) is 0 Å². The summed E-state index contributed by atoms with van der Waals surface area (Å²) >= 11 is 0. The topological polar surface area (TPSA) is 54.4 Å². The summed E-state index contributed by atoms with van der Waals surface area (Å²) in [6.45, 7) is 1.55. The van der Waals surface area contributed by atoms with Gasteiger partial charge < -0.3 is 5.11 Å². The van der Waals surface area contributed by atoms with E-state index >= 15 is 0 Å². The van der Waals surface area contributed by atoms with Gasteiger partial charge in [-0.1, -0.05) is 61.5 Å². The van der Waals surface area contributed by atoms with Crippen LogP contribution in [0.2, 0.25) is 0 Å². The zero-order valence-electron chi connectivity index (χ0n) is 12.0. The van der Waals surface area contributed by atoms with Gasteiger partial charge in [-0.25, -0.2) is 0 Å². The largest absolute Gasteiger partial charge is 0.481 e. The van der Waals surface area contributed by atoms with Crippen LogP contribution in [0.1, 0.15) is 18.9 Å². The van der Waals surface area contributed by atoms with Crippen molar-refractivity contribution in [2.75, 3.05) is 0 Å². The highest BCUT2D eigenvalue weighted by Gasteiger charge is 2.15. The first-order valence-electron chi connectivity index (χ1n) is 6.95. The third-order valence-electron chi connectivity index (χ3n) is 3.42. The molecule has 21 heavy (non-hydrogen) atoms. The number of rotatable bonds is 6. The number of carbonyl (C=O) groups is 2. The summed E-state index contributed by atoms with van der Waals surface area (Å²) in [6.07, 6.45) is 0.364. The van der Waals surface area contributed by atoms with Crippen LogP contribution in [-0.4, -0.2) is 16.9 Å². The summed E-state index contributed by atoms with van der Waals surface area (Å²) in [5.74, 6) is -1.60. The Morgan fingerprint density at radius 1 is 0.952 bits per heavy atom. The number of aliphatic carboxylic acids is 1. The number of Topliss-reactive ketones (excluding diaryl/α,β-unsaturated/α-hetero) is 1. The minimum absolute atomic E-state index is 0.0441. The minimum atomic E-state index is -0.928. The van der Waals surface area contributed by atoms with Crippen molar-refractivity contribution in [2.45, 2.75) is 19.8 Å². The normalized spacial score (nSPS) is 11.9. The van der Waals surface area contributed by atoms with E-state index in [0.717, 1.165) is 16.7 Å². The quantitative estimate of drug-likeness (QED) is 0.881. The standard InChI is InChI=1S/C18H18O3/c1-13(18(20)21)11-17(19)12-14-7-9-16(10-8-14)15-5-3-2-4-6-15/h2-10,13H,11-12H2,1H3,(H,20,21)/t13-/m1/s1. The van der Waals surface area contributed by atoms with Gasteiger partial charge in [0.1, 0.15) is 5.78 Å². The van der Waals surface area contributed by atoms with Crippen LogP contribution < -0.4 is 0 Å². The molecule has 2 rings (SSSR count). The molecular weight excluding hydrogens is 264 g/mol. The smallest absolute Gasteiger partial charge is 0.306 e. The lowest BCUT2D eigenvalue weighted by Gasteiger charge is -2.06. The molecule has 0 aliphatic carbocycles. The Bertz CT molecular complexity index is 615. The number of hydrogen-bond donors (Lipinski definition) is 1. The number of carboxylic acids is 1. The molecule has 0 bridgehead atoms. The molecule has 108 valence electrons. The van der Waals surface area contributed by atoms with Gasteiger partial charge in [0.15, 0.2) is 0 Å². The average Bonchev–Trinajstić information content (AvgIpc) is 2.48. The highest BCUT2D eigenvalue weighted by atomic mass is 16.4. The van der Waals surface area contributed by atoms with Gasteiger partial charge >= 0.3 is 5.97 Å². The van der Waals surface area contributed by atoms with E-state index in [1.807, 2.05) is 54.6 Å². The molecule has 0 unspecified atom stereocenters. The van der Waals surface area contributed by atoms with E-state index in [4.69, 9.17) is 5.11 Å². The summed E-state index contributed by atoms with van der Waals surface area (Å²) in [4.78, 5) is 22.6. The van der Waals surface area contributed by atoms with Gasteiger partial charge in [0.25, 0.3) is 0 Å². The molecule has 0 aliphatic rings. The van der Waals surface area contributed by atoms with Crippen LogP contribution in [0.15, 0.2) is 54.6 Å². The van der Waals surface area contributed by atoms with Crippen LogP contribution in [0.4, 0.5) is 0 Å². The van der Waals surface area contributed by atoms with Crippen molar-refractivity contribution in [3.63, 3.8) is 0 Å². The monoisotopic (exact) mass is 282 g/mol. The third-order valence-corrected chi connectivity index (χ3v) is 3.42. The Morgan fingerprint density at radius 3 is 2.10 bits per heavy atom. The molecule has 0 fully saturated rings. The minimum Gasteiger partial charge on any atom is -0.481 e. The molecule has 0 amide bonds. The molecule has 3 nitrogen and oxygen atoms in total. The Kier molecular flexibility index (Phi) is 4.88. The number of hydrogen-bond acceptors (Lipinski definition) is 2. The predicted octanol–water partition coefficient (Wildman–Crippen LogP) is 3.58. The molecule has 3 heteroatoms. The first-order valence-corrected chi connectivity index (χ1v) is 6.95. The average molecular weight is 282 g/mol. The highest BCUT2D eigenvalue weighted by molar-refractivity contribution is 5.85.